The third-order valence-electron chi connectivity index (χ3n) is 6.13. The summed E-state index contributed by atoms with van der Waals surface area (Å²) in [5, 5.41) is 9.51. The molecular weight excluding hydrogens is 446 g/mol. The normalized spacial score (nSPS) is 16.4. The van der Waals surface area contributed by atoms with E-state index >= 15 is 0 Å². The predicted molar refractivity (Wildman–Crippen MR) is 131 cm³/mol. The number of furan rings is 1. The molecular formula is C26H27N5O2S. The minimum Gasteiger partial charge on any atom is -0.461 e. The number of thioether (sulfide) groups is 1. The van der Waals surface area contributed by atoms with Gasteiger partial charge in [0.15, 0.2) is 10.9 Å². The maximum atomic E-state index is 13.4. The van der Waals surface area contributed by atoms with Crippen molar-refractivity contribution in [2.24, 2.45) is 0 Å². The number of pyridine rings is 1. The lowest BCUT2D eigenvalue weighted by Gasteiger charge is -2.30. The van der Waals surface area contributed by atoms with E-state index in [1.54, 1.807) is 18.7 Å². The molecule has 1 fully saturated rings. The van der Waals surface area contributed by atoms with Crippen molar-refractivity contribution in [2.75, 3.05) is 12.3 Å². The van der Waals surface area contributed by atoms with E-state index in [9.17, 15) is 4.79 Å². The number of nitrogens with zero attached hydrogens (tertiary/aromatic N) is 5. The number of aromatic nitrogens is 4. The first-order chi connectivity index (χ1) is 16.8. The van der Waals surface area contributed by atoms with Crippen molar-refractivity contribution < 1.29 is 9.21 Å². The number of carbonyl (C=O) groups excluding carboxylic acids is 1. The Balaban J connectivity index is 1.36. The van der Waals surface area contributed by atoms with Gasteiger partial charge in [-0.1, -0.05) is 54.9 Å². The van der Waals surface area contributed by atoms with Crippen molar-refractivity contribution in [1.82, 2.24) is 24.6 Å². The first-order valence-electron chi connectivity index (χ1n) is 11.6. The predicted octanol–water partition coefficient (Wildman–Crippen LogP) is 5.22. The average molecular weight is 474 g/mol. The molecule has 34 heavy (non-hydrogen) atoms. The number of amides is 1. The van der Waals surface area contributed by atoms with Gasteiger partial charge in [0.1, 0.15) is 0 Å². The molecule has 0 aliphatic carbocycles. The second-order valence-corrected chi connectivity index (χ2v) is 9.32. The van der Waals surface area contributed by atoms with Gasteiger partial charge in [0.25, 0.3) is 0 Å². The van der Waals surface area contributed by atoms with Gasteiger partial charge in [-0.2, -0.15) is 0 Å². The van der Waals surface area contributed by atoms with Crippen molar-refractivity contribution in [3.63, 3.8) is 0 Å². The molecule has 1 saturated heterocycles. The van der Waals surface area contributed by atoms with Gasteiger partial charge >= 0.3 is 0 Å². The minimum atomic E-state index is 0.0967. The number of hydrogen-bond acceptors (Lipinski definition) is 6. The van der Waals surface area contributed by atoms with Crippen LogP contribution in [0.1, 0.15) is 42.9 Å². The van der Waals surface area contributed by atoms with Crippen LogP contribution in [0.3, 0.4) is 0 Å². The zero-order valence-corrected chi connectivity index (χ0v) is 19.7. The highest BCUT2D eigenvalue weighted by atomic mass is 32.2. The molecule has 4 heterocycles. The number of hydrogen-bond donors (Lipinski definition) is 0. The van der Waals surface area contributed by atoms with Crippen molar-refractivity contribution in [2.45, 2.75) is 43.4 Å². The molecule has 0 saturated carbocycles. The van der Waals surface area contributed by atoms with Gasteiger partial charge in [-0.3, -0.25) is 14.3 Å². The molecule has 1 aromatic carbocycles. The lowest BCUT2D eigenvalue weighted by Crippen LogP contribution is -2.36. The summed E-state index contributed by atoms with van der Waals surface area (Å²) in [6, 6.07) is 18.0. The fraction of sp³-hybridized carbons (Fsp3) is 0.308. The second kappa shape index (κ2) is 10.7. The van der Waals surface area contributed by atoms with Gasteiger partial charge in [0.05, 0.1) is 24.6 Å². The molecule has 0 bridgehead atoms. The molecule has 8 heteroatoms. The van der Waals surface area contributed by atoms with Crippen molar-refractivity contribution >= 4 is 17.7 Å². The highest BCUT2D eigenvalue weighted by Crippen LogP contribution is 2.31. The Morgan fingerprint density at radius 1 is 1.00 bits per heavy atom. The molecule has 1 aliphatic rings. The summed E-state index contributed by atoms with van der Waals surface area (Å²) in [5.74, 6) is 1.76. The van der Waals surface area contributed by atoms with Crippen LogP contribution in [-0.4, -0.2) is 42.9 Å². The van der Waals surface area contributed by atoms with Gasteiger partial charge < -0.3 is 9.32 Å². The summed E-state index contributed by atoms with van der Waals surface area (Å²) < 4.78 is 7.62. The molecule has 1 atom stereocenters. The Hall–Kier alpha value is -3.39. The molecule has 0 spiro atoms. The Morgan fingerprint density at radius 2 is 1.85 bits per heavy atom. The SMILES string of the molecule is O=C(CSc1nnc(-c2ccco2)n1Cc1ccccc1)N1CCCCCC1c1ccncc1. The van der Waals surface area contributed by atoms with Gasteiger partial charge in [-0.25, -0.2) is 0 Å². The Kier molecular flexibility index (Phi) is 7.05. The van der Waals surface area contributed by atoms with Crippen LogP contribution >= 0.6 is 11.8 Å². The first kappa shape index (κ1) is 22.4. The summed E-state index contributed by atoms with van der Waals surface area (Å²) >= 11 is 1.43. The van der Waals surface area contributed by atoms with Crippen LogP contribution in [0.25, 0.3) is 11.6 Å². The molecule has 3 aromatic heterocycles. The minimum absolute atomic E-state index is 0.0967. The average Bonchev–Trinajstić information content (AvgIpc) is 3.47. The Morgan fingerprint density at radius 3 is 2.65 bits per heavy atom. The van der Waals surface area contributed by atoms with Crippen LogP contribution in [0.5, 0.6) is 0 Å². The van der Waals surface area contributed by atoms with E-state index in [1.165, 1.54) is 11.8 Å². The third-order valence-corrected chi connectivity index (χ3v) is 7.08. The van der Waals surface area contributed by atoms with E-state index in [2.05, 4.69) is 27.3 Å². The van der Waals surface area contributed by atoms with Gasteiger partial charge in [0, 0.05) is 18.9 Å². The van der Waals surface area contributed by atoms with Crippen LogP contribution in [0.15, 0.2) is 82.8 Å². The number of carbonyl (C=O) groups is 1. The van der Waals surface area contributed by atoms with Crippen molar-refractivity contribution in [1.29, 1.82) is 0 Å². The number of benzene rings is 1. The Bertz CT molecular complexity index is 1190. The smallest absolute Gasteiger partial charge is 0.233 e. The number of rotatable bonds is 7. The fourth-order valence-corrected chi connectivity index (χ4v) is 5.26. The monoisotopic (exact) mass is 473 g/mol. The maximum Gasteiger partial charge on any atom is 0.233 e. The summed E-state index contributed by atoms with van der Waals surface area (Å²) in [5.41, 5.74) is 2.29. The summed E-state index contributed by atoms with van der Waals surface area (Å²) in [4.78, 5) is 19.6. The molecule has 5 rings (SSSR count). The van der Waals surface area contributed by atoms with E-state index in [0.717, 1.165) is 43.4 Å². The zero-order valence-electron chi connectivity index (χ0n) is 18.9. The van der Waals surface area contributed by atoms with E-state index in [0.29, 0.717) is 29.0 Å². The Labute approximate surface area is 203 Å². The first-order valence-corrected chi connectivity index (χ1v) is 12.6. The molecule has 0 N–H and O–H groups in total. The van der Waals surface area contributed by atoms with E-state index in [1.807, 2.05) is 51.9 Å². The van der Waals surface area contributed by atoms with E-state index < -0.39 is 0 Å². The van der Waals surface area contributed by atoms with Gasteiger partial charge in [0.2, 0.25) is 11.7 Å². The third kappa shape index (κ3) is 5.07. The van der Waals surface area contributed by atoms with Crippen molar-refractivity contribution in [3.8, 4) is 11.6 Å². The summed E-state index contributed by atoms with van der Waals surface area (Å²) in [6.07, 6.45) is 9.53. The lowest BCUT2D eigenvalue weighted by atomic mass is 10.0. The topological polar surface area (TPSA) is 77.0 Å². The van der Waals surface area contributed by atoms with Crippen molar-refractivity contribution in [3.05, 3.63) is 84.4 Å². The lowest BCUT2D eigenvalue weighted by molar-refractivity contribution is -0.130. The van der Waals surface area contributed by atoms with Crippen LogP contribution in [-0.2, 0) is 11.3 Å². The van der Waals surface area contributed by atoms with Crippen LogP contribution < -0.4 is 0 Å². The largest absolute Gasteiger partial charge is 0.461 e. The quantitative estimate of drug-likeness (QED) is 0.343. The maximum absolute atomic E-state index is 13.4. The molecule has 0 radical (unpaired) electrons. The molecule has 1 aliphatic heterocycles. The molecule has 174 valence electrons. The summed E-state index contributed by atoms with van der Waals surface area (Å²) in [6.45, 7) is 1.38. The second-order valence-electron chi connectivity index (χ2n) is 8.38. The molecule has 7 nitrogen and oxygen atoms in total. The number of likely N-dealkylation sites (tertiary alicyclic amines) is 1. The summed E-state index contributed by atoms with van der Waals surface area (Å²) in [7, 11) is 0. The fourth-order valence-electron chi connectivity index (χ4n) is 4.44. The molecule has 4 aromatic rings. The van der Waals surface area contributed by atoms with Gasteiger partial charge in [-0.15, -0.1) is 10.2 Å². The zero-order chi connectivity index (χ0) is 23.2. The molecule has 1 unspecified atom stereocenters. The van der Waals surface area contributed by atoms with Gasteiger partial charge in [-0.05, 0) is 48.2 Å². The highest BCUT2D eigenvalue weighted by molar-refractivity contribution is 7.99. The van der Waals surface area contributed by atoms with E-state index in [4.69, 9.17) is 4.42 Å². The highest BCUT2D eigenvalue weighted by Gasteiger charge is 2.27. The molecule has 1 amide bonds. The van der Waals surface area contributed by atoms with Crippen LogP contribution in [0.2, 0.25) is 0 Å². The van der Waals surface area contributed by atoms with Crippen LogP contribution in [0, 0.1) is 0 Å². The standard InChI is InChI=1S/C26H27N5O2S/c32-24(30-16-6-2-5-10-22(30)21-12-14-27-15-13-21)19-34-26-29-28-25(23-11-7-17-33-23)31(26)18-20-8-3-1-4-9-20/h1,3-4,7-9,11-15,17,22H,2,5-6,10,16,18-19H2. The van der Waals surface area contributed by atoms with E-state index in [-0.39, 0.29) is 11.9 Å². The van der Waals surface area contributed by atoms with Crippen LogP contribution in [0.4, 0.5) is 0 Å².